The molecule has 0 bridgehead atoms. The fourth-order valence-electron chi connectivity index (χ4n) is 2.07. The van der Waals surface area contributed by atoms with Crippen molar-refractivity contribution >= 4 is 6.08 Å². The molecule has 2 aromatic rings. The van der Waals surface area contributed by atoms with Crippen LogP contribution in [0.5, 0.6) is 0 Å². The molecule has 0 heterocycles. The van der Waals surface area contributed by atoms with E-state index in [2.05, 4.69) is 74.5 Å². The van der Waals surface area contributed by atoms with E-state index in [1.54, 1.807) is 0 Å². The Balaban J connectivity index is 2.00. The first kappa shape index (κ1) is 13.6. The van der Waals surface area contributed by atoms with Crippen LogP contribution in [0.25, 0.3) is 6.08 Å². The van der Waals surface area contributed by atoms with Gasteiger partial charge in [-0.2, -0.15) is 0 Å². The first-order valence-corrected chi connectivity index (χ1v) is 7.09. The molecule has 0 fully saturated rings. The number of rotatable bonds is 5. The summed E-state index contributed by atoms with van der Waals surface area (Å²) in [6.45, 7) is 4.33. The van der Waals surface area contributed by atoms with Gasteiger partial charge in [0, 0.05) is 0 Å². The molecule has 2 aromatic carbocycles. The molecule has 0 aromatic heterocycles. The molecule has 0 aliphatic rings. The second kappa shape index (κ2) is 6.94. The maximum absolute atomic E-state index is 2.25. The summed E-state index contributed by atoms with van der Waals surface area (Å²) in [6.07, 6.45) is 7.83. The van der Waals surface area contributed by atoms with Crippen LogP contribution in [0, 0.1) is 6.92 Å². The van der Waals surface area contributed by atoms with Crippen LogP contribution < -0.4 is 0 Å². The van der Waals surface area contributed by atoms with Crippen LogP contribution in [0.2, 0.25) is 0 Å². The largest absolute Gasteiger partial charge is 0.0840 e. The van der Waals surface area contributed by atoms with Gasteiger partial charge in [0.2, 0.25) is 0 Å². The highest BCUT2D eigenvalue weighted by atomic mass is 14.0. The van der Waals surface area contributed by atoms with Gasteiger partial charge in [0.05, 0.1) is 0 Å². The Morgan fingerprint density at radius 1 is 0.842 bits per heavy atom. The van der Waals surface area contributed by atoms with E-state index in [0.717, 1.165) is 12.8 Å². The summed E-state index contributed by atoms with van der Waals surface area (Å²) in [4.78, 5) is 0. The highest BCUT2D eigenvalue weighted by Crippen LogP contribution is 2.13. The molecular formula is C19H22. The molecule has 0 radical (unpaired) electrons. The average Bonchev–Trinajstić information content (AvgIpc) is 2.44. The van der Waals surface area contributed by atoms with Crippen LogP contribution >= 0.6 is 0 Å². The van der Waals surface area contributed by atoms with Crippen molar-refractivity contribution in [1.82, 2.24) is 0 Å². The molecular weight excluding hydrogens is 228 g/mol. The van der Waals surface area contributed by atoms with Crippen molar-refractivity contribution in [3.63, 3.8) is 0 Å². The lowest BCUT2D eigenvalue weighted by atomic mass is 10.0. The van der Waals surface area contributed by atoms with Crippen LogP contribution in [0.4, 0.5) is 0 Å². The zero-order valence-corrected chi connectivity index (χ0v) is 11.9. The minimum absolute atomic E-state index is 1.01. The predicted molar refractivity (Wildman–Crippen MR) is 84.4 cm³/mol. The smallest absolute Gasteiger partial charge is 0.00258 e. The summed E-state index contributed by atoms with van der Waals surface area (Å²) in [5.41, 5.74) is 5.36. The lowest BCUT2D eigenvalue weighted by Crippen LogP contribution is -1.88. The van der Waals surface area contributed by atoms with E-state index in [1.807, 2.05) is 0 Å². The second-order valence-corrected chi connectivity index (χ2v) is 5.10. The molecule has 98 valence electrons. The SMILES string of the molecule is CCCC=Cc1ccc(Cc2ccc(C)cc2)cc1. The average molecular weight is 250 g/mol. The molecule has 0 spiro atoms. The van der Waals surface area contributed by atoms with Crippen LogP contribution in [0.1, 0.15) is 42.0 Å². The maximum Gasteiger partial charge on any atom is -0.00258 e. The minimum atomic E-state index is 1.01. The van der Waals surface area contributed by atoms with Crippen molar-refractivity contribution in [2.45, 2.75) is 33.1 Å². The molecule has 0 saturated carbocycles. The molecule has 19 heavy (non-hydrogen) atoms. The highest BCUT2D eigenvalue weighted by molar-refractivity contribution is 5.49. The minimum Gasteiger partial charge on any atom is -0.0840 e. The summed E-state index contributed by atoms with van der Waals surface area (Å²) < 4.78 is 0. The topological polar surface area (TPSA) is 0 Å². The monoisotopic (exact) mass is 250 g/mol. The van der Waals surface area contributed by atoms with E-state index in [9.17, 15) is 0 Å². The van der Waals surface area contributed by atoms with Gasteiger partial charge in [0.1, 0.15) is 0 Å². The van der Waals surface area contributed by atoms with Crippen molar-refractivity contribution in [2.24, 2.45) is 0 Å². The van der Waals surface area contributed by atoms with Crippen molar-refractivity contribution in [1.29, 1.82) is 0 Å². The number of hydrogen-bond acceptors (Lipinski definition) is 0. The number of allylic oxidation sites excluding steroid dienone is 1. The number of hydrogen-bond donors (Lipinski definition) is 0. The van der Waals surface area contributed by atoms with Crippen LogP contribution in [0.3, 0.4) is 0 Å². The van der Waals surface area contributed by atoms with Gasteiger partial charge in [0.15, 0.2) is 0 Å². The molecule has 0 unspecified atom stereocenters. The Kier molecular flexibility index (Phi) is 4.97. The fourth-order valence-corrected chi connectivity index (χ4v) is 2.07. The maximum atomic E-state index is 2.25. The van der Waals surface area contributed by atoms with Crippen molar-refractivity contribution in [3.05, 3.63) is 76.9 Å². The van der Waals surface area contributed by atoms with Gasteiger partial charge in [-0.05, 0) is 36.5 Å². The Morgan fingerprint density at radius 2 is 1.42 bits per heavy atom. The molecule has 0 atom stereocenters. The van der Waals surface area contributed by atoms with Gasteiger partial charge in [-0.25, -0.2) is 0 Å². The summed E-state index contributed by atoms with van der Waals surface area (Å²) >= 11 is 0. The predicted octanol–water partition coefficient (Wildman–Crippen LogP) is 5.40. The van der Waals surface area contributed by atoms with Gasteiger partial charge in [-0.3, -0.25) is 0 Å². The third kappa shape index (κ3) is 4.40. The van der Waals surface area contributed by atoms with Gasteiger partial charge in [0.25, 0.3) is 0 Å². The lowest BCUT2D eigenvalue weighted by Gasteiger charge is -2.03. The molecule has 0 heteroatoms. The molecule has 0 saturated heterocycles. The van der Waals surface area contributed by atoms with E-state index < -0.39 is 0 Å². The summed E-state index contributed by atoms with van der Waals surface area (Å²) in [7, 11) is 0. The second-order valence-electron chi connectivity index (χ2n) is 5.10. The van der Waals surface area contributed by atoms with Crippen LogP contribution in [-0.2, 0) is 6.42 Å². The summed E-state index contributed by atoms with van der Waals surface area (Å²) in [6, 6.07) is 17.6. The van der Waals surface area contributed by atoms with E-state index in [-0.39, 0.29) is 0 Å². The number of benzene rings is 2. The quantitative estimate of drug-likeness (QED) is 0.666. The first-order chi connectivity index (χ1) is 9.28. The number of aryl methyl sites for hydroxylation is 1. The zero-order chi connectivity index (χ0) is 13.5. The molecule has 0 amide bonds. The lowest BCUT2D eigenvalue weighted by molar-refractivity contribution is 0.962. The normalized spacial score (nSPS) is 11.1. The third-order valence-electron chi connectivity index (χ3n) is 3.27. The van der Waals surface area contributed by atoms with E-state index in [0.29, 0.717) is 0 Å². The molecule has 0 N–H and O–H groups in total. The Hall–Kier alpha value is -1.82. The van der Waals surface area contributed by atoms with E-state index in [4.69, 9.17) is 0 Å². The van der Waals surface area contributed by atoms with Crippen molar-refractivity contribution < 1.29 is 0 Å². The molecule has 0 aliphatic heterocycles. The first-order valence-electron chi connectivity index (χ1n) is 7.09. The molecule has 0 nitrogen and oxygen atoms in total. The van der Waals surface area contributed by atoms with Gasteiger partial charge in [-0.1, -0.05) is 79.6 Å². The third-order valence-corrected chi connectivity index (χ3v) is 3.27. The fraction of sp³-hybridized carbons (Fsp3) is 0.263. The van der Waals surface area contributed by atoms with Crippen LogP contribution in [0.15, 0.2) is 54.6 Å². The van der Waals surface area contributed by atoms with Crippen LogP contribution in [-0.4, -0.2) is 0 Å². The van der Waals surface area contributed by atoms with Gasteiger partial charge >= 0.3 is 0 Å². The van der Waals surface area contributed by atoms with Crippen molar-refractivity contribution in [2.75, 3.05) is 0 Å². The van der Waals surface area contributed by atoms with Gasteiger partial charge < -0.3 is 0 Å². The van der Waals surface area contributed by atoms with E-state index in [1.165, 1.54) is 28.7 Å². The summed E-state index contributed by atoms with van der Waals surface area (Å²) in [5.74, 6) is 0. The molecule has 2 rings (SSSR count). The Bertz CT molecular complexity index is 515. The summed E-state index contributed by atoms with van der Waals surface area (Å²) in [5, 5.41) is 0. The Morgan fingerprint density at radius 3 is 2.00 bits per heavy atom. The number of unbranched alkanes of at least 4 members (excludes halogenated alkanes) is 1. The zero-order valence-electron chi connectivity index (χ0n) is 11.9. The van der Waals surface area contributed by atoms with E-state index >= 15 is 0 Å². The van der Waals surface area contributed by atoms with Gasteiger partial charge in [-0.15, -0.1) is 0 Å². The Labute approximate surface area is 116 Å². The standard InChI is InChI=1S/C19H22/c1-3-4-5-6-17-11-13-19(14-12-17)15-18-9-7-16(2)8-10-18/h5-14H,3-4,15H2,1-2H3. The molecule has 0 aliphatic carbocycles. The van der Waals surface area contributed by atoms with Crippen molar-refractivity contribution in [3.8, 4) is 0 Å². The highest BCUT2D eigenvalue weighted by Gasteiger charge is 1.96.